The topological polar surface area (TPSA) is 62.0 Å². The summed E-state index contributed by atoms with van der Waals surface area (Å²) in [4.78, 5) is 3.09. The monoisotopic (exact) mass is 190 g/mol. The Morgan fingerprint density at radius 3 is 2.71 bits per heavy atom. The Kier molecular flexibility index (Phi) is 1.79. The number of nitrogen functional groups attached to an aromatic ring is 1. The summed E-state index contributed by atoms with van der Waals surface area (Å²) >= 11 is 0. The summed E-state index contributed by atoms with van der Waals surface area (Å²) in [6, 6.07) is 5.73. The fourth-order valence-electron chi connectivity index (χ4n) is 1.65. The molecule has 0 unspecified atom stereocenters. The first-order valence-corrected chi connectivity index (χ1v) is 4.58. The molecular weight excluding hydrogens is 176 g/mol. The van der Waals surface area contributed by atoms with E-state index in [-0.39, 0.29) is 0 Å². The second kappa shape index (κ2) is 2.75. The van der Waals surface area contributed by atoms with Crippen LogP contribution in [0.2, 0.25) is 0 Å². The number of nitrogens with two attached hydrogens (primary N) is 1. The van der Waals surface area contributed by atoms with Gasteiger partial charge in [-0.1, -0.05) is 0 Å². The molecule has 0 amide bonds. The summed E-state index contributed by atoms with van der Waals surface area (Å²) in [7, 11) is 0. The predicted molar refractivity (Wildman–Crippen MR) is 58.0 cm³/mol. The van der Waals surface area contributed by atoms with Crippen molar-refractivity contribution < 1.29 is 5.11 Å². The Balaban J connectivity index is 2.71. The van der Waals surface area contributed by atoms with Gasteiger partial charge in [-0.2, -0.15) is 0 Å². The lowest BCUT2D eigenvalue weighted by molar-refractivity contribution is 0.0795. The number of aliphatic hydroxyl groups is 1. The number of aromatic nitrogens is 1. The number of H-pyrrole nitrogens is 1. The quantitative estimate of drug-likeness (QED) is 0.602. The van der Waals surface area contributed by atoms with Gasteiger partial charge < -0.3 is 15.8 Å². The van der Waals surface area contributed by atoms with Crippen LogP contribution in [-0.4, -0.2) is 10.1 Å². The Morgan fingerprint density at radius 2 is 2.07 bits per heavy atom. The van der Waals surface area contributed by atoms with Crippen LogP contribution >= 0.6 is 0 Å². The van der Waals surface area contributed by atoms with Gasteiger partial charge in [-0.25, -0.2) is 0 Å². The van der Waals surface area contributed by atoms with E-state index < -0.39 is 5.60 Å². The maximum Gasteiger partial charge on any atom is 0.0861 e. The first-order chi connectivity index (χ1) is 6.48. The van der Waals surface area contributed by atoms with E-state index in [0.717, 1.165) is 16.5 Å². The first-order valence-electron chi connectivity index (χ1n) is 4.58. The lowest BCUT2D eigenvalue weighted by Crippen LogP contribution is -2.17. The minimum absolute atomic E-state index is 0.629. The predicted octanol–water partition coefficient (Wildman–Crippen LogP) is 1.98. The molecular formula is C11H14N2O. The van der Waals surface area contributed by atoms with E-state index in [1.807, 2.05) is 24.4 Å². The molecule has 1 aromatic carbocycles. The fraction of sp³-hybridized carbons (Fsp3) is 0.273. The molecule has 1 aromatic heterocycles. The number of benzene rings is 1. The third-order valence-corrected chi connectivity index (χ3v) is 2.38. The van der Waals surface area contributed by atoms with Crippen LogP contribution in [-0.2, 0) is 5.60 Å². The van der Waals surface area contributed by atoms with Crippen molar-refractivity contribution >= 4 is 16.6 Å². The van der Waals surface area contributed by atoms with Crippen molar-refractivity contribution in [3.8, 4) is 0 Å². The van der Waals surface area contributed by atoms with Crippen LogP contribution in [0.25, 0.3) is 10.9 Å². The van der Waals surface area contributed by atoms with Crippen molar-refractivity contribution in [2.75, 3.05) is 5.73 Å². The van der Waals surface area contributed by atoms with Gasteiger partial charge in [0.2, 0.25) is 0 Å². The van der Waals surface area contributed by atoms with Gasteiger partial charge >= 0.3 is 0 Å². The summed E-state index contributed by atoms with van der Waals surface area (Å²) in [6.45, 7) is 3.46. The molecule has 0 fully saturated rings. The van der Waals surface area contributed by atoms with E-state index in [9.17, 15) is 5.11 Å². The molecule has 0 atom stereocenters. The molecule has 0 aliphatic carbocycles. The van der Waals surface area contributed by atoms with Crippen LogP contribution in [0.1, 0.15) is 19.4 Å². The lowest BCUT2D eigenvalue weighted by Gasteiger charge is -2.19. The molecule has 0 saturated heterocycles. The molecule has 0 aliphatic heterocycles. The highest BCUT2D eigenvalue weighted by Crippen LogP contribution is 2.29. The molecule has 14 heavy (non-hydrogen) atoms. The van der Waals surface area contributed by atoms with E-state index in [1.165, 1.54) is 0 Å². The van der Waals surface area contributed by atoms with Crippen LogP contribution in [0, 0.1) is 0 Å². The largest absolute Gasteiger partial charge is 0.398 e. The van der Waals surface area contributed by atoms with Crippen molar-refractivity contribution in [3.63, 3.8) is 0 Å². The maximum absolute atomic E-state index is 9.87. The average Bonchev–Trinajstić information content (AvgIpc) is 2.47. The zero-order valence-electron chi connectivity index (χ0n) is 8.33. The molecule has 4 N–H and O–H groups in total. The second-order valence-electron chi connectivity index (χ2n) is 4.06. The Hall–Kier alpha value is -1.48. The molecule has 0 radical (unpaired) electrons. The minimum Gasteiger partial charge on any atom is -0.398 e. The van der Waals surface area contributed by atoms with Crippen molar-refractivity contribution in [1.29, 1.82) is 0 Å². The second-order valence-corrected chi connectivity index (χ2v) is 4.06. The van der Waals surface area contributed by atoms with Crippen molar-refractivity contribution in [2.45, 2.75) is 19.4 Å². The molecule has 0 spiro atoms. The summed E-state index contributed by atoms with van der Waals surface area (Å²) in [5.74, 6) is 0. The normalized spacial score (nSPS) is 12.2. The zero-order valence-corrected chi connectivity index (χ0v) is 8.33. The number of aromatic amines is 1. The fourth-order valence-corrected chi connectivity index (χ4v) is 1.65. The van der Waals surface area contributed by atoms with Gasteiger partial charge in [-0.3, -0.25) is 0 Å². The number of hydrogen-bond donors (Lipinski definition) is 3. The highest BCUT2D eigenvalue weighted by molar-refractivity contribution is 5.84. The van der Waals surface area contributed by atoms with Gasteiger partial charge in [0, 0.05) is 28.4 Å². The molecule has 0 bridgehead atoms. The van der Waals surface area contributed by atoms with Gasteiger partial charge in [0.15, 0.2) is 0 Å². The summed E-state index contributed by atoms with van der Waals surface area (Å²) < 4.78 is 0. The Bertz CT molecular complexity index is 466. The van der Waals surface area contributed by atoms with Gasteiger partial charge in [-0.05, 0) is 32.0 Å². The molecule has 2 aromatic rings. The number of fused-ring (bicyclic) bond motifs is 1. The third kappa shape index (κ3) is 1.36. The number of nitrogens with one attached hydrogen (secondary N) is 1. The Labute approximate surface area is 82.6 Å². The minimum atomic E-state index is -0.899. The molecule has 2 rings (SSSR count). The van der Waals surface area contributed by atoms with E-state index in [0.29, 0.717) is 5.69 Å². The van der Waals surface area contributed by atoms with Crippen molar-refractivity contribution in [1.82, 2.24) is 4.98 Å². The number of hydrogen-bond acceptors (Lipinski definition) is 2. The SMILES string of the molecule is CC(C)(O)c1cc2[nH]ccc2cc1N. The van der Waals surface area contributed by atoms with Crippen LogP contribution in [0.4, 0.5) is 5.69 Å². The van der Waals surface area contributed by atoms with Gasteiger partial charge in [0.1, 0.15) is 0 Å². The lowest BCUT2D eigenvalue weighted by atomic mass is 9.95. The molecule has 1 heterocycles. The van der Waals surface area contributed by atoms with E-state index >= 15 is 0 Å². The highest BCUT2D eigenvalue weighted by Gasteiger charge is 2.19. The first kappa shape index (κ1) is 9.09. The molecule has 0 aliphatic rings. The van der Waals surface area contributed by atoms with Crippen LogP contribution < -0.4 is 5.73 Å². The summed E-state index contributed by atoms with van der Waals surface area (Å²) in [6.07, 6.45) is 1.86. The van der Waals surface area contributed by atoms with E-state index in [2.05, 4.69) is 4.98 Å². The third-order valence-electron chi connectivity index (χ3n) is 2.38. The maximum atomic E-state index is 9.87. The summed E-state index contributed by atoms with van der Waals surface area (Å²) in [5, 5.41) is 10.9. The standard InChI is InChI=1S/C11H14N2O/c1-11(2,14)8-6-10-7(3-4-13-10)5-9(8)12/h3-6,13-14H,12H2,1-2H3. The van der Waals surface area contributed by atoms with Gasteiger partial charge in [-0.15, -0.1) is 0 Å². The van der Waals surface area contributed by atoms with Crippen LogP contribution in [0.3, 0.4) is 0 Å². The van der Waals surface area contributed by atoms with Gasteiger partial charge in [0.25, 0.3) is 0 Å². The van der Waals surface area contributed by atoms with E-state index in [4.69, 9.17) is 5.73 Å². The average molecular weight is 190 g/mol. The zero-order chi connectivity index (χ0) is 10.3. The van der Waals surface area contributed by atoms with Crippen molar-refractivity contribution in [3.05, 3.63) is 30.0 Å². The number of rotatable bonds is 1. The van der Waals surface area contributed by atoms with Crippen molar-refractivity contribution in [2.24, 2.45) is 0 Å². The van der Waals surface area contributed by atoms with Gasteiger partial charge in [0.05, 0.1) is 5.60 Å². The molecule has 3 nitrogen and oxygen atoms in total. The highest BCUT2D eigenvalue weighted by atomic mass is 16.3. The van der Waals surface area contributed by atoms with Crippen LogP contribution in [0.5, 0.6) is 0 Å². The molecule has 74 valence electrons. The molecule has 0 saturated carbocycles. The smallest absolute Gasteiger partial charge is 0.0861 e. The summed E-state index contributed by atoms with van der Waals surface area (Å²) in [5.41, 5.74) is 7.34. The Morgan fingerprint density at radius 1 is 1.36 bits per heavy atom. The van der Waals surface area contributed by atoms with E-state index in [1.54, 1.807) is 13.8 Å². The van der Waals surface area contributed by atoms with Crippen LogP contribution in [0.15, 0.2) is 24.4 Å². The number of anilines is 1. The molecule has 3 heteroatoms.